The lowest BCUT2D eigenvalue weighted by molar-refractivity contribution is 0.103. The van der Waals surface area contributed by atoms with Crippen LogP contribution >= 0.6 is 0 Å². The number of nitrogens with zero attached hydrogens (tertiary/aromatic N) is 3. The van der Waals surface area contributed by atoms with Gasteiger partial charge in [-0.15, -0.1) is 0 Å². The Morgan fingerprint density at radius 3 is 2.39 bits per heavy atom. The van der Waals surface area contributed by atoms with Crippen LogP contribution in [-0.2, 0) is 0 Å². The van der Waals surface area contributed by atoms with Crippen molar-refractivity contribution in [2.45, 2.75) is 6.92 Å². The van der Waals surface area contributed by atoms with Gasteiger partial charge in [-0.2, -0.15) is 10.4 Å². The average Bonchev–Trinajstić information content (AvgIpc) is 2.92. The fraction of sp³-hybridized carbons (Fsp3) is 0.0556. The van der Waals surface area contributed by atoms with Crippen LogP contribution in [-0.4, -0.2) is 15.6 Å². The fourth-order valence-corrected chi connectivity index (χ4v) is 2.31. The molecule has 0 saturated carbocycles. The van der Waals surface area contributed by atoms with E-state index in [9.17, 15) is 10.1 Å². The Kier molecular flexibility index (Phi) is 3.65. The number of aromatic nitrogens is 2. The Morgan fingerprint density at radius 2 is 1.78 bits per heavy atom. The van der Waals surface area contributed by atoms with Crippen molar-refractivity contribution in [3.05, 3.63) is 77.0 Å². The molecule has 23 heavy (non-hydrogen) atoms. The number of carbonyl (C=O) groups is 1. The maximum absolute atomic E-state index is 12.6. The summed E-state index contributed by atoms with van der Waals surface area (Å²) in [6.45, 7) is 1.97. The Bertz CT molecular complexity index is 903. The highest BCUT2D eigenvalue weighted by molar-refractivity contribution is 6.09. The van der Waals surface area contributed by atoms with E-state index in [0.29, 0.717) is 11.3 Å². The van der Waals surface area contributed by atoms with E-state index in [4.69, 9.17) is 5.73 Å². The van der Waals surface area contributed by atoms with Crippen molar-refractivity contribution in [3.8, 4) is 11.8 Å². The second-order valence-corrected chi connectivity index (χ2v) is 5.16. The summed E-state index contributed by atoms with van der Waals surface area (Å²) < 4.78 is 1.42. The highest BCUT2D eigenvalue weighted by atomic mass is 16.1. The van der Waals surface area contributed by atoms with Gasteiger partial charge in [0.1, 0.15) is 17.5 Å². The van der Waals surface area contributed by atoms with Crippen molar-refractivity contribution < 1.29 is 4.79 Å². The minimum atomic E-state index is -0.320. The smallest absolute Gasteiger partial charge is 0.214 e. The van der Waals surface area contributed by atoms with Crippen LogP contribution in [0, 0.1) is 18.3 Å². The van der Waals surface area contributed by atoms with Crippen LogP contribution in [0.1, 0.15) is 27.2 Å². The molecule has 0 amide bonds. The molecule has 0 radical (unpaired) electrons. The van der Waals surface area contributed by atoms with E-state index >= 15 is 0 Å². The number of hydrogen-bond acceptors (Lipinski definition) is 4. The topological polar surface area (TPSA) is 84.7 Å². The van der Waals surface area contributed by atoms with E-state index in [1.807, 2.05) is 43.3 Å². The van der Waals surface area contributed by atoms with Crippen molar-refractivity contribution in [1.29, 1.82) is 5.26 Å². The zero-order valence-electron chi connectivity index (χ0n) is 12.5. The van der Waals surface area contributed by atoms with Crippen LogP contribution in [0.3, 0.4) is 0 Å². The van der Waals surface area contributed by atoms with Crippen LogP contribution in [0.25, 0.3) is 5.69 Å². The summed E-state index contributed by atoms with van der Waals surface area (Å²) in [6, 6.07) is 18.2. The van der Waals surface area contributed by atoms with Crippen LogP contribution in [0.2, 0.25) is 0 Å². The van der Waals surface area contributed by atoms with E-state index in [1.54, 1.807) is 24.3 Å². The third-order valence-corrected chi connectivity index (χ3v) is 3.56. The van der Waals surface area contributed by atoms with Gasteiger partial charge in [-0.25, -0.2) is 4.68 Å². The van der Waals surface area contributed by atoms with Crippen molar-refractivity contribution in [3.63, 3.8) is 0 Å². The highest BCUT2D eigenvalue weighted by Gasteiger charge is 2.23. The second-order valence-electron chi connectivity index (χ2n) is 5.16. The SMILES string of the molecule is Cc1ccc(-n2nc(C(=O)c3ccccc3)c(C#N)c2N)cc1. The third-order valence-electron chi connectivity index (χ3n) is 3.56. The quantitative estimate of drug-likeness (QED) is 0.754. The van der Waals surface area contributed by atoms with Gasteiger partial charge >= 0.3 is 0 Å². The lowest BCUT2D eigenvalue weighted by Crippen LogP contribution is -2.05. The molecular weight excluding hydrogens is 288 g/mol. The Hall–Kier alpha value is -3.39. The molecule has 0 bridgehead atoms. The number of rotatable bonds is 3. The first-order valence-electron chi connectivity index (χ1n) is 7.07. The number of nitriles is 1. The molecule has 0 atom stereocenters. The standard InChI is InChI=1S/C18H14N4O/c1-12-7-9-14(10-8-12)22-18(20)15(11-19)16(21-22)17(23)13-5-3-2-4-6-13/h2-10H,20H2,1H3. The van der Waals surface area contributed by atoms with Gasteiger partial charge in [-0.1, -0.05) is 48.0 Å². The van der Waals surface area contributed by atoms with Gasteiger partial charge in [0, 0.05) is 5.56 Å². The molecule has 2 N–H and O–H groups in total. The number of aryl methyl sites for hydroxylation is 1. The summed E-state index contributed by atoms with van der Waals surface area (Å²) in [4.78, 5) is 12.6. The number of carbonyl (C=O) groups excluding carboxylic acids is 1. The maximum Gasteiger partial charge on any atom is 0.214 e. The van der Waals surface area contributed by atoms with Crippen molar-refractivity contribution in [2.75, 3.05) is 5.73 Å². The molecular formula is C18H14N4O. The summed E-state index contributed by atoms with van der Waals surface area (Å²) >= 11 is 0. The average molecular weight is 302 g/mol. The molecule has 0 aliphatic carbocycles. The second kappa shape index (κ2) is 5.78. The van der Waals surface area contributed by atoms with Gasteiger partial charge in [0.25, 0.3) is 0 Å². The van der Waals surface area contributed by atoms with Crippen LogP contribution in [0.4, 0.5) is 5.82 Å². The van der Waals surface area contributed by atoms with E-state index in [1.165, 1.54) is 4.68 Å². The molecule has 0 aliphatic heterocycles. The number of benzene rings is 2. The van der Waals surface area contributed by atoms with Gasteiger partial charge in [0.05, 0.1) is 5.69 Å². The molecule has 2 aromatic carbocycles. The molecule has 5 heteroatoms. The van der Waals surface area contributed by atoms with Gasteiger partial charge in [0.2, 0.25) is 5.78 Å². The molecule has 1 aromatic heterocycles. The zero-order valence-corrected chi connectivity index (χ0v) is 12.5. The molecule has 1 heterocycles. The molecule has 112 valence electrons. The molecule has 0 fully saturated rings. The highest BCUT2D eigenvalue weighted by Crippen LogP contribution is 2.23. The molecule has 0 saturated heterocycles. The number of nitrogen functional groups attached to an aromatic ring is 1. The van der Waals surface area contributed by atoms with Crippen molar-refractivity contribution >= 4 is 11.6 Å². The Balaban J connectivity index is 2.12. The van der Waals surface area contributed by atoms with E-state index < -0.39 is 0 Å². The summed E-state index contributed by atoms with van der Waals surface area (Å²) in [7, 11) is 0. The summed E-state index contributed by atoms with van der Waals surface area (Å²) in [5.41, 5.74) is 8.46. The number of nitrogens with two attached hydrogens (primary N) is 1. The monoisotopic (exact) mass is 302 g/mol. The summed E-state index contributed by atoms with van der Waals surface area (Å²) in [6.07, 6.45) is 0. The molecule has 3 rings (SSSR count). The molecule has 0 unspecified atom stereocenters. The number of anilines is 1. The van der Waals surface area contributed by atoms with Crippen molar-refractivity contribution in [2.24, 2.45) is 0 Å². The number of hydrogen-bond donors (Lipinski definition) is 1. The normalized spacial score (nSPS) is 10.3. The predicted octanol–water partition coefficient (Wildman–Crippen LogP) is 2.87. The van der Waals surface area contributed by atoms with Crippen LogP contribution in [0.15, 0.2) is 54.6 Å². The molecule has 0 aliphatic rings. The van der Waals surface area contributed by atoms with E-state index in [0.717, 1.165) is 5.56 Å². The lowest BCUT2D eigenvalue weighted by atomic mass is 10.1. The third kappa shape index (κ3) is 2.58. The van der Waals surface area contributed by atoms with E-state index in [-0.39, 0.29) is 22.9 Å². The lowest BCUT2D eigenvalue weighted by Gasteiger charge is -2.03. The van der Waals surface area contributed by atoms with Gasteiger partial charge in [0.15, 0.2) is 5.69 Å². The Labute approximate surface area is 133 Å². The van der Waals surface area contributed by atoms with Crippen LogP contribution < -0.4 is 5.73 Å². The van der Waals surface area contributed by atoms with Crippen molar-refractivity contribution in [1.82, 2.24) is 9.78 Å². The zero-order chi connectivity index (χ0) is 16.4. The Morgan fingerprint density at radius 1 is 1.13 bits per heavy atom. The fourth-order valence-electron chi connectivity index (χ4n) is 2.31. The number of ketones is 1. The molecule has 0 spiro atoms. The summed E-state index contributed by atoms with van der Waals surface area (Å²) in [5.74, 6) is -0.157. The maximum atomic E-state index is 12.6. The molecule has 5 nitrogen and oxygen atoms in total. The first kappa shape index (κ1) is 14.5. The van der Waals surface area contributed by atoms with Gasteiger partial charge < -0.3 is 5.73 Å². The van der Waals surface area contributed by atoms with Crippen LogP contribution in [0.5, 0.6) is 0 Å². The minimum absolute atomic E-state index is 0.0665. The minimum Gasteiger partial charge on any atom is -0.382 e. The first-order chi connectivity index (χ1) is 11.1. The van der Waals surface area contributed by atoms with E-state index in [2.05, 4.69) is 5.10 Å². The predicted molar refractivity (Wildman–Crippen MR) is 87.3 cm³/mol. The van der Waals surface area contributed by atoms with Gasteiger partial charge in [-0.05, 0) is 19.1 Å². The largest absolute Gasteiger partial charge is 0.382 e. The first-order valence-corrected chi connectivity index (χ1v) is 7.07. The van der Waals surface area contributed by atoms with Gasteiger partial charge in [-0.3, -0.25) is 4.79 Å². The summed E-state index contributed by atoms with van der Waals surface area (Å²) in [5, 5.41) is 13.6. The molecule has 3 aromatic rings.